The summed E-state index contributed by atoms with van der Waals surface area (Å²) in [5.74, 6) is 0.529. The highest BCUT2D eigenvalue weighted by molar-refractivity contribution is 7.10. The molecule has 2 saturated heterocycles. The molecule has 0 unspecified atom stereocenters. The van der Waals surface area contributed by atoms with Crippen LogP contribution in [-0.2, 0) is 11.3 Å². The predicted octanol–water partition coefficient (Wildman–Crippen LogP) is 2.07. The molecule has 23 heavy (non-hydrogen) atoms. The van der Waals surface area contributed by atoms with Crippen LogP contribution in [0.4, 0.5) is 0 Å². The summed E-state index contributed by atoms with van der Waals surface area (Å²) in [6, 6.07) is 1.90. The van der Waals surface area contributed by atoms with Crippen LogP contribution in [0.1, 0.15) is 47.3 Å². The molecule has 126 valence electrons. The summed E-state index contributed by atoms with van der Waals surface area (Å²) in [5.41, 5.74) is 5.90. The summed E-state index contributed by atoms with van der Waals surface area (Å²) in [6.45, 7) is 4.85. The van der Waals surface area contributed by atoms with Crippen LogP contribution in [0.15, 0.2) is 11.4 Å². The quantitative estimate of drug-likeness (QED) is 0.896. The van der Waals surface area contributed by atoms with E-state index in [1.54, 1.807) is 11.3 Å². The Morgan fingerprint density at radius 3 is 2.48 bits per heavy atom. The van der Waals surface area contributed by atoms with Gasteiger partial charge in [0.25, 0.3) is 0 Å². The molecule has 3 heterocycles. The van der Waals surface area contributed by atoms with E-state index < -0.39 is 0 Å². The van der Waals surface area contributed by atoms with Gasteiger partial charge in [-0.25, -0.2) is 0 Å². The predicted molar refractivity (Wildman–Crippen MR) is 91.3 cm³/mol. The van der Waals surface area contributed by atoms with Gasteiger partial charge >= 0.3 is 0 Å². The zero-order chi connectivity index (χ0) is 16.2. The van der Waals surface area contributed by atoms with Crippen molar-refractivity contribution in [2.45, 2.75) is 38.6 Å². The molecule has 2 fully saturated rings. The van der Waals surface area contributed by atoms with Gasteiger partial charge in [-0.3, -0.25) is 14.5 Å². The molecule has 0 atom stereocenters. The first-order chi connectivity index (χ1) is 11.1. The fourth-order valence-corrected chi connectivity index (χ4v) is 4.42. The Bertz CT molecular complexity index is 558. The first-order valence-corrected chi connectivity index (χ1v) is 9.37. The van der Waals surface area contributed by atoms with Crippen molar-refractivity contribution in [2.75, 3.05) is 26.2 Å². The molecule has 0 saturated carbocycles. The largest absolute Gasteiger partial charge is 0.366 e. The van der Waals surface area contributed by atoms with Gasteiger partial charge in [0.1, 0.15) is 0 Å². The van der Waals surface area contributed by atoms with Crippen molar-refractivity contribution in [1.29, 1.82) is 0 Å². The number of carbonyl (C=O) groups is 2. The minimum Gasteiger partial charge on any atom is -0.366 e. The van der Waals surface area contributed by atoms with Gasteiger partial charge in [0, 0.05) is 36.3 Å². The summed E-state index contributed by atoms with van der Waals surface area (Å²) < 4.78 is 0. The molecule has 1 aromatic heterocycles. The third kappa shape index (κ3) is 4.32. The second-order valence-electron chi connectivity index (χ2n) is 6.68. The minimum absolute atomic E-state index is 0.352. The average molecular weight is 335 g/mol. The van der Waals surface area contributed by atoms with Crippen LogP contribution in [0, 0.1) is 5.92 Å². The SMILES string of the molecule is NC(=O)c1csc(CN2CCC(CC(=O)N3CCCC3)CC2)c1. The number of nitrogens with zero attached hydrogens (tertiary/aromatic N) is 2. The topological polar surface area (TPSA) is 66.6 Å². The van der Waals surface area contributed by atoms with Crippen LogP contribution >= 0.6 is 11.3 Å². The molecule has 0 radical (unpaired) electrons. The lowest BCUT2D eigenvalue weighted by Gasteiger charge is -2.32. The van der Waals surface area contributed by atoms with Gasteiger partial charge in [0.15, 0.2) is 0 Å². The van der Waals surface area contributed by atoms with Crippen molar-refractivity contribution in [3.63, 3.8) is 0 Å². The standard InChI is InChI=1S/C17H25N3O2S/c18-17(22)14-10-15(23-12-14)11-19-7-3-13(4-8-19)9-16(21)20-5-1-2-6-20/h10,12-13H,1-9,11H2,(H2,18,22). The number of rotatable bonds is 5. The number of amides is 2. The molecule has 2 amide bonds. The number of thiophene rings is 1. The first-order valence-electron chi connectivity index (χ1n) is 8.49. The number of likely N-dealkylation sites (tertiary alicyclic amines) is 2. The van der Waals surface area contributed by atoms with Crippen molar-refractivity contribution in [2.24, 2.45) is 11.7 Å². The summed E-state index contributed by atoms with van der Waals surface area (Å²) in [6.07, 6.45) is 5.23. The molecule has 0 aliphatic carbocycles. The molecule has 6 heteroatoms. The van der Waals surface area contributed by atoms with E-state index >= 15 is 0 Å². The summed E-state index contributed by atoms with van der Waals surface area (Å²) in [7, 11) is 0. The summed E-state index contributed by atoms with van der Waals surface area (Å²) in [4.78, 5) is 29.0. The number of primary amides is 1. The van der Waals surface area contributed by atoms with E-state index in [1.807, 2.05) is 16.3 Å². The van der Waals surface area contributed by atoms with Crippen molar-refractivity contribution < 1.29 is 9.59 Å². The van der Waals surface area contributed by atoms with Crippen LogP contribution in [0.3, 0.4) is 0 Å². The maximum absolute atomic E-state index is 12.2. The van der Waals surface area contributed by atoms with Crippen LogP contribution in [0.25, 0.3) is 0 Å². The third-order valence-corrected chi connectivity index (χ3v) is 5.87. The highest BCUT2D eigenvalue weighted by atomic mass is 32.1. The molecule has 2 aliphatic rings. The van der Waals surface area contributed by atoms with E-state index in [1.165, 1.54) is 4.88 Å². The van der Waals surface area contributed by atoms with Crippen LogP contribution in [0.2, 0.25) is 0 Å². The maximum atomic E-state index is 12.2. The molecule has 1 aromatic rings. The number of hydrogen-bond acceptors (Lipinski definition) is 4. The Labute approximate surface area is 141 Å². The van der Waals surface area contributed by atoms with E-state index in [2.05, 4.69) is 4.90 Å². The van der Waals surface area contributed by atoms with Crippen molar-refractivity contribution in [1.82, 2.24) is 9.80 Å². The lowest BCUT2D eigenvalue weighted by molar-refractivity contribution is -0.131. The summed E-state index contributed by atoms with van der Waals surface area (Å²) >= 11 is 1.60. The Hall–Kier alpha value is -1.40. The highest BCUT2D eigenvalue weighted by Gasteiger charge is 2.25. The molecule has 0 spiro atoms. The van der Waals surface area contributed by atoms with Crippen LogP contribution in [0.5, 0.6) is 0 Å². The van der Waals surface area contributed by atoms with E-state index in [-0.39, 0.29) is 5.91 Å². The first kappa shape index (κ1) is 16.5. The fraction of sp³-hybridized carbons (Fsp3) is 0.647. The molecule has 0 bridgehead atoms. The number of piperidine rings is 1. The third-order valence-electron chi connectivity index (χ3n) is 4.95. The number of carbonyl (C=O) groups excluding carboxylic acids is 2. The van der Waals surface area contributed by atoms with Crippen molar-refractivity contribution in [3.8, 4) is 0 Å². The summed E-state index contributed by atoms with van der Waals surface area (Å²) in [5, 5.41) is 1.83. The molecule has 3 rings (SSSR count). The van der Waals surface area contributed by atoms with E-state index in [0.717, 1.165) is 64.8 Å². The number of hydrogen-bond donors (Lipinski definition) is 1. The monoisotopic (exact) mass is 335 g/mol. The Morgan fingerprint density at radius 1 is 1.17 bits per heavy atom. The second-order valence-corrected chi connectivity index (χ2v) is 7.67. The zero-order valence-corrected chi connectivity index (χ0v) is 14.3. The molecule has 5 nitrogen and oxygen atoms in total. The van der Waals surface area contributed by atoms with Gasteiger partial charge in [0.05, 0.1) is 5.56 Å². The average Bonchev–Trinajstić information content (AvgIpc) is 3.20. The molecule has 2 N–H and O–H groups in total. The van der Waals surface area contributed by atoms with Crippen molar-refractivity contribution >= 4 is 23.2 Å². The normalized spacial score (nSPS) is 20.1. The van der Waals surface area contributed by atoms with Crippen LogP contribution < -0.4 is 5.73 Å². The Balaban J connectivity index is 1.42. The van der Waals surface area contributed by atoms with Crippen molar-refractivity contribution in [3.05, 3.63) is 21.9 Å². The highest BCUT2D eigenvalue weighted by Crippen LogP contribution is 2.25. The van der Waals surface area contributed by atoms with Crippen LogP contribution in [-0.4, -0.2) is 47.8 Å². The van der Waals surface area contributed by atoms with Gasteiger partial charge in [-0.15, -0.1) is 11.3 Å². The molecule has 2 aliphatic heterocycles. The molecular formula is C17H25N3O2S. The number of nitrogens with two attached hydrogens (primary N) is 1. The van der Waals surface area contributed by atoms with Gasteiger partial charge in [-0.1, -0.05) is 0 Å². The Kier molecular flexibility index (Phi) is 5.33. The van der Waals surface area contributed by atoms with E-state index in [0.29, 0.717) is 17.4 Å². The lowest BCUT2D eigenvalue weighted by atomic mass is 9.93. The van der Waals surface area contributed by atoms with E-state index in [4.69, 9.17) is 5.73 Å². The van der Waals surface area contributed by atoms with E-state index in [9.17, 15) is 9.59 Å². The maximum Gasteiger partial charge on any atom is 0.249 e. The zero-order valence-electron chi connectivity index (χ0n) is 13.5. The molecule has 0 aromatic carbocycles. The lowest BCUT2D eigenvalue weighted by Crippen LogP contribution is -2.36. The molecular weight excluding hydrogens is 310 g/mol. The van der Waals surface area contributed by atoms with Gasteiger partial charge in [-0.05, 0) is 50.8 Å². The second kappa shape index (κ2) is 7.45. The van der Waals surface area contributed by atoms with Gasteiger partial charge in [-0.2, -0.15) is 0 Å². The Morgan fingerprint density at radius 2 is 1.87 bits per heavy atom. The van der Waals surface area contributed by atoms with Gasteiger partial charge < -0.3 is 10.6 Å². The fourth-order valence-electron chi connectivity index (χ4n) is 3.50. The smallest absolute Gasteiger partial charge is 0.249 e. The minimum atomic E-state index is -0.355. The van der Waals surface area contributed by atoms with Gasteiger partial charge in [0.2, 0.25) is 11.8 Å².